The third-order valence-electron chi connectivity index (χ3n) is 5.97. The van der Waals surface area contributed by atoms with E-state index in [-0.39, 0.29) is 0 Å². The lowest BCUT2D eigenvalue weighted by molar-refractivity contribution is 0.0531. The number of fused-ring (bicyclic) bond motifs is 5. The topological polar surface area (TPSA) is 40.8 Å². The summed E-state index contributed by atoms with van der Waals surface area (Å²) in [6.45, 7) is 3.44. The Hall–Kier alpha value is -1.79. The molecular formula is C19H23N3. The molecule has 114 valence electrons. The summed E-state index contributed by atoms with van der Waals surface area (Å²) in [4.78, 5) is 0. The van der Waals surface area contributed by atoms with Crippen molar-refractivity contribution >= 4 is 10.9 Å². The lowest BCUT2D eigenvalue weighted by atomic mass is 9.69. The number of benzene rings is 1. The number of para-hydroxylation sites is 1. The van der Waals surface area contributed by atoms with E-state index in [1.165, 1.54) is 47.8 Å². The van der Waals surface area contributed by atoms with Crippen LogP contribution in [0.25, 0.3) is 10.9 Å². The summed E-state index contributed by atoms with van der Waals surface area (Å²) in [6.07, 6.45) is 7.10. The summed E-state index contributed by atoms with van der Waals surface area (Å²) in [5.41, 5.74) is 4.35. The van der Waals surface area contributed by atoms with E-state index in [1.807, 2.05) is 0 Å². The zero-order valence-electron chi connectivity index (χ0n) is 13.2. The van der Waals surface area contributed by atoms with Crippen molar-refractivity contribution in [2.24, 2.45) is 5.41 Å². The highest BCUT2D eigenvalue weighted by Crippen LogP contribution is 2.50. The van der Waals surface area contributed by atoms with E-state index in [9.17, 15) is 5.26 Å². The molecule has 1 aromatic heterocycles. The maximum absolute atomic E-state index is 9.25. The van der Waals surface area contributed by atoms with Crippen LogP contribution in [0.15, 0.2) is 24.3 Å². The second-order valence-electron chi connectivity index (χ2n) is 6.82. The minimum absolute atomic E-state index is 0.386. The van der Waals surface area contributed by atoms with Crippen LogP contribution >= 0.6 is 0 Å². The number of nitrogens with one attached hydrogen (secondary N) is 1. The monoisotopic (exact) mass is 293 g/mol. The number of hydrogen-bond acceptors (Lipinski definition) is 2. The van der Waals surface area contributed by atoms with Gasteiger partial charge < -0.3 is 4.57 Å². The number of rotatable bonds is 2. The average molecular weight is 293 g/mol. The summed E-state index contributed by atoms with van der Waals surface area (Å²) in [5, 5.41) is 14.3. The van der Waals surface area contributed by atoms with E-state index >= 15 is 0 Å². The minimum Gasteiger partial charge on any atom is -0.328 e. The molecule has 1 aromatic carbocycles. The van der Waals surface area contributed by atoms with Crippen LogP contribution in [0.2, 0.25) is 0 Å². The van der Waals surface area contributed by atoms with Crippen LogP contribution in [-0.2, 0) is 12.8 Å². The van der Waals surface area contributed by atoms with Gasteiger partial charge in [-0.2, -0.15) is 5.26 Å². The second kappa shape index (κ2) is 5.14. The predicted octanol–water partition coefficient (Wildman–Crippen LogP) is 3.93. The average Bonchev–Trinajstić information content (AvgIpc) is 2.90. The zero-order valence-corrected chi connectivity index (χ0v) is 13.2. The van der Waals surface area contributed by atoms with Gasteiger partial charge >= 0.3 is 0 Å². The van der Waals surface area contributed by atoms with Crippen LogP contribution in [0.3, 0.4) is 0 Å². The third-order valence-corrected chi connectivity index (χ3v) is 5.97. The van der Waals surface area contributed by atoms with E-state index in [2.05, 4.69) is 47.1 Å². The summed E-state index contributed by atoms with van der Waals surface area (Å²) < 4.78 is 2.54. The fraction of sp³-hybridized carbons (Fsp3) is 0.526. The van der Waals surface area contributed by atoms with E-state index < -0.39 is 0 Å². The molecule has 0 unspecified atom stereocenters. The molecule has 1 N–H and O–H groups in total. The number of piperidine rings is 1. The van der Waals surface area contributed by atoms with E-state index in [0.717, 1.165) is 13.0 Å². The minimum atomic E-state index is 0.386. The Morgan fingerprint density at radius 3 is 3.05 bits per heavy atom. The maximum atomic E-state index is 9.25. The van der Waals surface area contributed by atoms with Gasteiger partial charge in [-0.1, -0.05) is 25.1 Å². The van der Waals surface area contributed by atoms with E-state index in [0.29, 0.717) is 18.0 Å². The van der Waals surface area contributed by atoms with Gasteiger partial charge in [-0.15, -0.1) is 0 Å². The van der Waals surface area contributed by atoms with Gasteiger partial charge in [0.25, 0.3) is 0 Å². The summed E-state index contributed by atoms with van der Waals surface area (Å²) in [6, 6.07) is 11.0. The van der Waals surface area contributed by atoms with Gasteiger partial charge in [-0.25, -0.2) is 0 Å². The molecule has 1 saturated heterocycles. The Labute approximate surface area is 131 Å². The molecule has 0 saturated carbocycles. The third kappa shape index (κ3) is 1.77. The van der Waals surface area contributed by atoms with Crippen LogP contribution in [0.5, 0.6) is 0 Å². The van der Waals surface area contributed by atoms with Crippen molar-refractivity contribution in [2.75, 3.05) is 6.54 Å². The van der Waals surface area contributed by atoms with Gasteiger partial charge in [0.2, 0.25) is 0 Å². The first-order valence-electron chi connectivity index (χ1n) is 8.52. The first-order chi connectivity index (χ1) is 10.8. The molecule has 2 aliphatic rings. The highest BCUT2D eigenvalue weighted by Gasteiger charge is 2.44. The summed E-state index contributed by atoms with van der Waals surface area (Å²) >= 11 is 0. The molecule has 3 heteroatoms. The molecule has 22 heavy (non-hydrogen) atoms. The van der Waals surface area contributed by atoms with Crippen LogP contribution < -0.4 is 5.32 Å². The normalized spacial score (nSPS) is 27.2. The number of nitrogens with zero attached hydrogens (tertiary/aromatic N) is 2. The number of hydrogen-bond donors (Lipinski definition) is 1. The Morgan fingerprint density at radius 2 is 2.23 bits per heavy atom. The standard InChI is InChI=1S/C19H23N3/c1-2-19-10-5-13-21-18(19)22-16-7-4-3-6-14(16)15(9-12-20)17(22)8-11-19/h3-4,6-7,18,21H,2,5,8-11,13H2,1H3/t18-,19-/m1/s1. The molecule has 0 aliphatic carbocycles. The number of aromatic nitrogens is 1. The van der Waals surface area contributed by atoms with E-state index in [1.54, 1.807) is 0 Å². The summed E-state index contributed by atoms with van der Waals surface area (Å²) in [7, 11) is 0. The van der Waals surface area contributed by atoms with Crippen molar-refractivity contribution in [3.63, 3.8) is 0 Å². The van der Waals surface area contributed by atoms with Gasteiger partial charge in [0.1, 0.15) is 0 Å². The highest BCUT2D eigenvalue weighted by atomic mass is 15.2. The number of nitriles is 1. The second-order valence-corrected chi connectivity index (χ2v) is 6.82. The van der Waals surface area contributed by atoms with Crippen molar-refractivity contribution in [2.45, 2.75) is 51.6 Å². The molecule has 2 aliphatic heterocycles. The Morgan fingerprint density at radius 1 is 1.36 bits per heavy atom. The van der Waals surface area contributed by atoms with Crippen LogP contribution in [0.4, 0.5) is 0 Å². The molecule has 0 radical (unpaired) electrons. The van der Waals surface area contributed by atoms with E-state index in [4.69, 9.17) is 0 Å². The quantitative estimate of drug-likeness (QED) is 0.911. The van der Waals surface area contributed by atoms with Gasteiger partial charge in [0.15, 0.2) is 0 Å². The van der Waals surface area contributed by atoms with Crippen LogP contribution in [-0.4, -0.2) is 11.1 Å². The molecule has 3 nitrogen and oxygen atoms in total. The first-order valence-corrected chi connectivity index (χ1v) is 8.52. The molecule has 4 rings (SSSR count). The molecule has 0 spiro atoms. The molecule has 0 amide bonds. The van der Waals surface area contributed by atoms with Crippen molar-refractivity contribution < 1.29 is 0 Å². The Kier molecular flexibility index (Phi) is 3.23. The van der Waals surface area contributed by atoms with Gasteiger partial charge in [0.05, 0.1) is 18.7 Å². The van der Waals surface area contributed by atoms with Gasteiger partial charge in [-0.3, -0.25) is 5.32 Å². The lowest BCUT2D eigenvalue weighted by Crippen LogP contribution is -2.49. The fourth-order valence-electron chi connectivity index (χ4n) is 4.80. The van der Waals surface area contributed by atoms with Crippen molar-refractivity contribution in [3.8, 4) is 6.07 Å². The van der Waals surface area contributed by atoms with Crippen LogP contribution in [0.1, 0.15) is 50.0 Å². The van der Waals surface area contributed by atoms with Crippen molar-refractivity contribution in [1.29, 1.82) is 5.26 Å². The SMILES string of the molecule is CC[C@]12CCCN[C@@H]1n1c(c(CC#N)c3ccccc31)CC2. The molecular weight excluding hydrogens is 270 g/mol. The van der Waals surface area contributed by atoms with Gasteiger partial charge in [-0.05, 0) is 50.3 Å². The molecule has 0 bridgehead atoms. The Bertz CT molecular complexity index is 752. The smallest absolute Gasteiger partial charge is 0.0899 e. The highest BCUT2D eigenvalue weighted by molar-refractivity contribution is 5.86. The van der Waals surface area contributed by atoms with Crippen LogP contribution in [0, 0.1) is 16.7 Å². The van der Waals surface area contributed by atoms with Crippen molar-refractivity contribution in [1.82, 2.24) is 9.88 Å². The lowest BCUT2D eigenvalue weighted by Gasteiger charge is -2.49. The zero-order chi connectivity index (χ0) is 15.2. The van der Waals surface area contributed by atoms with Crippen molar-refractivity contribution in [3.05, 3.63) is 35.5 Å². The predicted molar refractivity (Wildman–Crippen MR) is 88.6 cm³/mol. The molecule has 3 heterocycles. The van der Waals surface area contributed by atoms with Gasteiger partial charge in [0, 0.05) is 22.0 Å². The molecule has 2 atom stereocenters. The maximum Gasteiger partial charge on any atom is 0.0899 e. The first kappa shape index (κ1) is 13.8. The Balaban J connectivity index is 1.97. The largest absolute Gasteiger partial charge is 0.328 e. The molecule has 1 fully saturated rings. The molecule has 2 aromatic rings. The summed E-state index contributed by atoms with van der Waals surface area (Å²) in [5.74, 6) is 0. The fourth-order valence-corrected chi connectivity index (χ4v) is 4.80.